The first kappa shape index (κ1) is 24.2. The van der Waals surface area contributed by atoms with Gasteiger partial charge >= 0.3 is 12.1 Å². The minimum absolute atomic E-state index is 0.139. The van der Waals surface area contributed by atoms with Crippen LogP contribution < -0.4 is 5.32 Å². The summed E-state index contributed by atoms with van der Waals surface area (Å²) in [4.78, 5) is 23.6. The molecule has 1 aromatic carbocycles. The van der Waals surface area contributed by atoms with Crippen LogP contribution in [0.5, 0.6) is 0 Å². The maximum Gasteiger partial charge on any atom is 0.408 e. The molecule has 0 bridgehead atoms. The average Bonchev–Trinajstić information content (AvgIpc) is 2.75. The number of aliphatic hydroxyl groups is 1. The van der Waals surface area contributed by atoms with E-state index in [0.29, 0.717) is 12.8 Å². The van der Waals surface area contributed by atoms with Gasteiger partial charge in [0.2, 0.25) is 0 Å². The number of hydrogen-bond donors (Lipinski definition) is 2. The van der Waals surface area contributed by atoms with Crippen LogP contribution in [0.1, 0.15) is 83.1 Å². The van der Waals surface area contributed by atoms with E-state index in [1.165, 1.54) is 44.9 Å². The van der Waals surface area contributed by atoms with Crippen LogP contribution in [0.25, 0.3) is 0 Å². The number of aliphatic hydroxyl groups excluding tert-OH is 1. The summed E-state index contributed by atoms with van der Waals surface area (Å²) in [6, 6.07) is 8.59. The summed E-state index contributed by atoms with van der Waals surface area (Å²) in [5.74, 6) is -0.480. The van der Waals surface area contributed by atoms with Crippen molar-refractivity contribution in [2.45, 2.75) is 102 Å². The van der Waals surface area contributed by atoms with Gasteiger partial charge in [-0.15, -0.1) is 0 Å². The Kier molecular flexibility index (Phi) is 11.3. The second-order valence-corrected chi connectivity index (χ2v) is 8.17. The maximum atomic E-state index is 11.9. The molecule has 6 heteroatoms. The number of ether oxygens (including phenoxy) is 2. The Labute approximate surface area is 180 Å². The predicted octanol–water partition coefficient (Wildman–Crippen LogP) is 4.88. The predicted molar refractivity (Wildman–Crippen MR) is 116 cm³/mol. The molecule has 3 atom stereocenters. The van der Waals surface area contributed by atoms with Crippen LogP contribution >= 0.6 is 0 Å². The highest BCUT2D eigenvalue weighted by atomic mass is 16.6. The van der Waals surface area contributed by atoms with Gasteiger partial charge < -0.3 is 19.9 Å². The minimum atomic E-state index is -0.744. The van der Waals surface area contributed by atoms with Crippen LogP contribution in [0.2, 0.25) is 0 Å². The molecule has 6 nitrogen and oxygen atoms in total. The van der Waals surface area contributed by atoms with E-state index in [4.69, 9.17) is 9.47 Å². The normalized spacial score (nSPS) is 18.9. The SMILES string of the molecule is CCCCCCCCCCC[C@@H](O)CC1OC(=O)C1NC(=O)OCc1ccccc1. The second-order valence-electron chi connectivity index (χ2n) is 8.17. The molecule has 1 saturated heterocycles. The third kappa shape index (κ3) is 9.16. The van der Waals surface area contributed by atoms with Crippen molar-refractivity contribution in [3.05, 3.63) is 35.9 Å². The molecule has 1 fully saturated rings. The molecule has 0 aliphatic carbocycles. The Morgan fingerprint density at radius 3 is 2.33 bits per heavy atom. The Hall–Kier alpha value is -2.08. The number of carbonyl (C=O) groups is 2. The molecule has 0 radical (unpaired) electrons. The molecule has 0 saturated carbocycles. The van der Waals surface area contributed by atoms with Gasteiger partial charge in [0.15, 0.2) is 6.04 Å². The molecule has 1 heterocycles. The van der Waals surface area contributed by atoms with E-state index in [-0.39, 0.29) is 6.61 Å². The monoisotopic (exact) mass is 419 g/mol. The first-order valence-electron chi connectivity index (χ1n) is 11.5. The lowest BCUT2D eigenvalue weighted by Gasteiger charge is -2.36. The molecule has 0 aromatic heterocycles. The molecule has 2 unspecified atom stereocenters. The lowest BCUT2D eigenvalue weighted by atomic mass is 9.96. The van der Waals surface area contributed by atoms with Crippen molar-refractivity contribution < 1.29 is 24.2 Å². The van der Waals surface area contributed by atoms with Crippen LogP contribution in [-0.4, -0.2) is 35.4 Å². The van der Waals surface area contributed by atoms with Gasteiger partial charge in [-0.3, -0.25) is 0 Å². The fourth-order valence-electron chi connectivity index (χ4n) is 3.67. The van der Waals surface area contributed by atoms with Crippen molar-refractivity contribution in [2.75, 3.05) is 0 Å². The lowest BCUT2D eigenvalue weighted by Crippen LogP contribution is -2.60. The smallest absolute Gasteiger partial charge is 0.408 e. The summed E-state index contributed by atoms with van der Waals surface area (Å²) >= 11 is 0. The number of unbranched alkanes of at least 4 members (excludes halogenated alkanes) is 8. The highest BCUT2D eigenvalue weighted by molar-refractivity contribution is 5.86. The standard InChI is InChI=1S/C24H37NO5/c1-2-3-4-5-6-7-8-9-13-16-20(26)17-21-22(23(27)30-21)25-24(28)29-18-19-14-11-10-12-15-19/h10-12,14-15,20-22,26H,2-9,13,16-18H2,1H3,(H,25,28)/t20-,21?,22?/m1/s1. The minimum Gasteiger partial charge on any atom is -0.458 e. The number of benzene rings is 1. The summed E-state index contributed by atoms with van der Waals surface area (Å²) in [6.07, 6.45) is 10.5. The van der Waals surface area contributed by atoms with Crippen LogP contribution in [-0.2, 0) is 20.9 Å². The van der Waals surface area contributed by atoms with Gasteiger partial charge in [0, 0.05) is 6.42 Å². The Morgan fingerprint density at radius 1 is 1.07 bits per heavy atom. The van der Waals surface area contributed by atoms with E-state index in [0.717, 1.165) is 18.4 Å². The van der Waals surface area contributed by atoms with Gasteiger partial charge in [-0.2, -0.15) is 0 Å². The molecule has 1 aliphatic rings. The summed E-state index contributed by atoms with van der Waals surface area (Å²) in [5, 5.41) is 12.8. The summed E-state index contributed by atoms with van der Waals surface area (Å²) in [7, 11) is 0. The molecular weight excluding hydrogens is 382 g/mol. The molecule has 1 amide bonds. The number of carbonyl (C=O) groups excluding carboxylic acids is 2. The maximum absolute atomic E-state index is 11.9. The number of alkyl carbamates (subject to hydrolysis) is 1. The van der Waals surface area contributed by atoms with Crippen LogP contribution in [0.4, 0.5) is 4.79 Å². The third-order valence-corrected chi connectivity index (χ3v) is 5.52. The van der Waals surface area contributed by atoms with Crippen molar-refractivity contribution in [3.8, 4) is 0 Å². The summed E-state index contributed by atoms with van der Waals surface area (Å²) < 4.78 is 10.3. The molecule has 0 spiro atoms. The number of rotatable bonds is 15. The van der Waals surface area contributed by atoms with Gasteiger partial charge in [-0.05, 0) is 12.0 Å². The number of esters is 1. The van der Waals surface area contributed by atoms with Crippen molar-refractivity contribution in [2.24, 2.45) is 0 Å². The second kappa shape index (κ2) is 14.0. The Morgan fingerprint density at radius 2 is 1.70 bits per heavy atom. The first-order valence-corrected chi connectivity index (χ1v) is 11.5. The van der Waals surface area contributed by atoms with Crippen molar-refractivity contribution in [1.82, 2.24) is 5.32 Å². The quantitative estimate of drug-likeness (QED) is 0.313. The Balaban J connectivity index is 1.55. The number of hydrogen-bond acceptors (Lipinski definition) is 5. The zero-order valence-electron chi connectivity index (χ0n) is 18.2. The molecule has 168 valence electrons. The zero-order valence-corrected chi connectivity index (χ0v) is 18.2. The van der Waals surface area contributed by atoms with E-state index < -0.39 is 30.3 Å². The van der Waals surface area contributed by atoms with Crippen LogP contribution in [0.3, 0.4) is 0 Å². The van der Waals surface area contributed by atoms with E-state index in [9.17, 15) is 14.7 Å². The molecule has 1 aromatic rings. The molecular formula is C24H37NO5. The van der Waals surface area contributed by atoms with Gasteiger partial charge in [0.05, 0.1) is 6.10 Å². The summed E-state index contributed by atoms with van der Waals surface area (Å²) in [6.45, 7) is 2.37. The van der Waals surface area contributed by atoms with E-state index in [2.05, 4.69) is 12.2 Å². The average molecular weight is 420 g/mol. The fourth-order valence-corrected chi connectivity index (χ4v) is 3.67. The van der Waals surface area contributed by atoms with Gasteiger partial charge in [-0.25, -0.2) is 9.59 Å². The fraction of sp³-hybridized carbons (Fsp3) is 0.667. The van der Waals surface area contributed by atoms with Gasteiger partial charge in [-0.1, -0.05) is 95.0 Å². The van der Waals surface area contributed by atoms with Crippen molar-refractivity contribution in [3.63, 3.8) is 0 Å². The van der Waals surface area contributed by atoms with Crippen molar-refractivity contribution >= 4 is 12.1 Å². The number of nitrogens with one attached hydrogen (secondary N) is 1. The highest BCUT2D eigenvalue weighted by Crippen LogP contribution is 2.22. The Bertz CT molecular complexity index is 621. The van der Waals surface area contributed by atoms with E-state index >= 15 is 0 Å². The van der Waals surface area contributed by atoms with E-state index in [1.807, 2.05) is 30.3 Å². The highest BCUT2D eigenvalue weighted by Gasteiger charge is 2.44. The molecule has 2 N–H and O–H groups in total. The lowest BCUT2D eigenvalue weighted by molar-refractivity contribution is -0.179. The van der Waals surface area contributed by atoms with Crippen LogP contribution in [0.15, 0.2) is 30.3 Å². The third-order valence-electron chi connectivity index (χ3n) is 5.52. The number of amides is 1. The topological polar surface area (TPSA) is 84.9 Å². The van der Waals surface area contributed by atoms with E-state index in [1.54, 1.807) is 0 Å². The largest absolute Gasteiger partial charge is 0.458 e. The first-order chi connectivity index (χ1) is 14.6. The molecule has 30 heavy (non-hydrogen) atoms. The van der Waals surface area contributed by atoms with Crippen LogP contribution in [0, 0.1) is 0 Å². The van der Waals surface area contributed by atoms with Gasteiger partial charge in [0.25, 0.3) is 0 Å². The molecule has 1 aliphatic heterocycles. The van der Waals surface area contributed by atoms with Gasteiger partial charge in [0.1, 0.15) is 12.7 Å². The zero-order chi connectivity index (χ0) is 21.6. The molecule has 2 rings (SSSR count). The van der Waals surface area contributed by atoms with Crippen molar-refractivity contribution in [1.29, 1.82) is 0 Å². The number of cyclic esters (lactones) is 1. The summed E-state index contributed by atoms with van der Waals surface area (Å²) in [5.41, 5.74) is 0.872.